The van der Waals surface area contributed by atoms with Crippen molar-refractivity contribution in [2.45, 2.75) is 83.3 Å². The fraction of sp³-hybridized carbons (Fsp3) is 0.840. The average Bonchev–Trinajstić information content (AvgIpc) is 3.34. The zero-order valence-electron chi connectivity index (χ0n) is 18.4. The van der Waals surface area contributed by atoms with Crippen molar-refractivity contribution in [3.05, 3.63) is 23.8 Å². The molecule has 3 heteroatoms. The van der Waals surface area contributed by atoms with Crippen LogP contribution in [-0.4, -0.2) is 48.0 Å². The zero-order valence-corrected chi connectivity index (χ0v) is 18.4. The summed E-state index contributed by atoms with van der Waals surface area (Å²) in [7, 11) is 4.29. The van der Waals surface area contributed by atoms with E-state index in [1.165, 1.54) is 51.5 Å². The number of unbranched alkanes of at least 4 members (excludes halogenated alkanes) is 2. The molecule has 160 valence electrons. The third-order valence-electron chi connectivity index (χ3n) is 7.73. The van der Waals surface area contributed by atoms with Crippen LogP contribution in [0.1, 0.15) is 71.1 Å². The van der Waals surface area contributed by atoms with Gasteiger partial charge in [0, 0.05) is 5.92 Å². The second kappa shape index (κ2) is 10.4. The van der Waals surface area contributed by atoms with Gasteiger partial charge in [-0.05, 0) is 89.3 Å². The maximum Gasteiger partial charge on any atom is 0.0749 e. The van der Waals surface area contributed by atoms with E-state index < -0.39 is 0 Å². The Hall–Kier alpha value is -0.640. The topological polar surface area (TPSA) is 43.7 Å². The van der Waals surface area contributed by atoms with Gasteiger partial charge in [-0.3, -0.25) is 0 Å². The van der Waals surface area contributed by atoms with E-state index in [-0.39, 0.29) is 18.1 Å². The summed E-state index contributed by atoms with van der Waals surface area (Å²) >= 11 is 0. The molecule has 0 aliphatic heterocycles. The maximum atomic E-state index is 10.6. The van der Waals surface area contributed by atoms with Crippen molar-refractivity contribution in [1.82, 2.24) is 4.90 Å². The molecule has 2 saturated carbocycles. The molecule has 3 aliphatic rings. The Morgan fingerprint density at radius 2 is 2.00 bits per heavy atom. The zero-order chi connectivity index (χ0) is 20.1. The van der Waals surface area contributed by atoms with Gasteiger partial charge in [0.05, 0.1) is 12.2 Å². The first kappa shape index (κ1) is 22.1. The van der Waals surface area contributed by atoms with E-state index in [4.69, 9.17) is 0 Å². The molecule has 0 aromatic rings. The van der Waals surface area contributed by atoms with E-state index in [0.717, 1.165) is 25.2 Å². The second-order valence-corrected chi connectivity index (χ2v) is 10.1. The first-order valence-corrected chi connectivity index (χ1v) is 11.9. The Kier molecular flexibility index (Phi) is 8.20. The van der Waals surface area contributed by atoms with Gasteiger partial charge in [0.25, 0.3) is 0 Å². The van der Waals surface area contributed by atoms with Gasteiger partial charge in [0.1, 0.15) is 0 Å². The molecule has 3 nitrogen and oxygen atoms in total. The SMILES string of the molecule is CCC1CCC([C@@H](O)/C=C/[C@@H]2[C@H]3CC(CCCCCN(C)C)=C[C@H]3C[C@H]2O)C1. The van der Waals surface area contributed by atoms with Crippen molar-refractivity contribution in [3.63, 3.8) is 0 Å². The molecule has 28 heavy (non-hydrogen) atoms. The number of hydrogen-bond acceptors (Lipinski definition) is 3. The summed E-state index contributed by atoms with van der Waals surface area (Å²) in [5, 5.41) is 21.2. The molecule has 2 unspecified atom stereocenters. The van der Waals surface area contributed by atoms with Gasteiger partial charge in [-0.2, -0.15) is 0 Å². The lowest BCUT2D eigenvalue weighted by Gasteiger charge is -2.20. The lowest BCUT2D eigenvalue weighted by atomic mass is 9.87. The van der Waals surface area contributed by atoms with Crippen molar-refractivity contribution >= 4 is 0 Å². The number of rotatable bonds is 10. The Labute approximate surface area is 172 Å². The molecule has 7 atom stereocenters. The first-order valence-electron chi connectivity index (χ1n) is 11.9. The number of allylic oxidation sites excluding steroid dienone is 2. The van der Waals surface area contributed by atoms with Crippen LogP contribution in [0, 0.1) is 29.6 Å². The minimum atomic E-state index is -0.326. The Balaban J connectivity index is 1.45. The van der Waals surface area contributed by atoms with Gasteiger partial charge in [-0.15, -0.1) is 0 Å². The fourth-order valence-electron chi connectivity index (χ4n) is 5.94. The minimum Gasteiger partial charge on any atom is -0.392 e. The molecular formula is C25H43NO2. The van der Waals surface area contributed by atoms with Crippen LogP contribution in [0.5, 0.6) is 0 Å². The van der Waals surface area contributed by atoms with E-state index in [2.05, 4.69) is 38.1 Å². The molecule has 2 fully saturated rings. The molecule has 3 rings (SSSR count). The highest BCUT2D eigenvalue weighted by molar-refractivity contribution is 5.21. The summed E-state index contributed by atoms with van der Waals surface area (Å²) in [5.74, 6) is 2.56. The number of aliphatic hydroxyl groups excluding tert-OH is 2. The summed E-state index contributed by atoms with van der Waals surface area (Å²) in [6.45, 7) is 3.45. The van der Waals surface area contributed by atoms with Crippen molar-refractivity contribution in [1.29, 1.82) is 0 Å². The number of aliphatic hydroxyl groups is 2. The van der Waals surface area contributed by atoms with E-state index >= 15 is 0 Å². The largest absolute Gasteiger partial charge is 0.392 e. The van der Waals surface area contributed by atoms with Crippen LogP contribution in [0.4, 0.5) is 0 Å². The summed E-state index contributed by atoms with van der Waals surface area (Å²) in [6, 6.07) is 0. The molecule has 0 heterocycles. The van der Waals surface area contributed by atoms with Gasteiger partial charge in [-0.1, -0.05) is 50.0 Å². The van der Waals surface area contributed by atoms with Crippen LogP contribution < -0.4 is 0 Å². The van der Waals surface area contributed by atoms with Crippen molar-refractivity contribution < 1.29 is 10.2 Å². The molecule has 0 bridgehead atoms. The highest BCUT2D eigenvalue weighted by Gasteiger charge is 2.43. The highest BCUT2D eigenvalue weighted by atomic mass is 16.3. The van der Waals surface area contributed by atoms with Crippen molar-refractivity contribution in [3.8, 4) is 0 Å². The first-order chi connectivity index (χ1) is 13.5. The molecule has 3 aliphatic carbocycles. The van der Waals surface area contributed by atoms with Crippen LogP contribution in [-0.2, 0) is 0 Å². The number of hydrogen-bond donors (Lipinski definition) is 2. The molecule has 0 amide bonds. The van der Waals surface area contributed by atoms with E-state index in [9.17, 15) is 10.2 Å². The van der Waals surface area contributed by atoms with Gasteiger partial charge >= 0.3 is 0 Å². The predicted octanol–water partition coefficient (Wildman–Crippen LogP) is 4.80. The second-order valence-electron chi connectivity index (χ2n) is 10.1. The Morgan fingerprint density at radius 3 is 2.71 bits per heavy atom. The molecule has 0 radical (unpaired) electrons. The third-order valence-corrected chi connectivity index (χ3v) is 7.73. The quantitative estimate of drug-likeness (QED) is 0.417. The maximum absolute atomic E-state index is 10.6. The van der Waals surface area contributed by atoms with Gasteiger partial charge in [0.15, 0.2) is 0 Å². The molecule has 0 aromatic heterocycles. The van der Waals surface area contributed by atoms with Crippen molar-refractivity contribution in [2.24, 2.45) is 29.6 Å². The molecule has 0 aromatic carbocycles. The Bertz CT molecular complexity index is 541. The van der Waals surface area contributed by atoms with Gasteiger partial charge in [-0.25, -0.2) is 0 Å². The van der Waals surface area contributed by atoms with Crippen LogP contribution in [0.15, 0.2) is 23.8 Å². The monoisotopic (exact) mass is 389 g/mol. The molecule has 2 N–H and O–H groups in total. The summed E-state index contributed by atoms with van der Waals surface area (Å²) in [5.41, 5.74) is 1.62. The fourth-order valence-corrected chi connectivity index (χ4v) is 5.94. The standard InChI is InChI=1S/C25H43NO2/c1-4-18-9-10-20(14-18)24(27)12-11-22-23-16-19(15-21(23)17-25(22)28)8-6-5-7-13-26(2)3/h11-12,15,18,20-25,27-28H,4-10,13-14,16-17H2,1-3H3/b12-11+/t18?,20?,21-,22+,23-,24-,25+/m0/s1. The lowest BCUT2D eigenvalue weighted by molar-refractivity contribution is 0.135. The van der Waals surface area contributed by atoms with Crippen LogP contribution in [0.3, 0.4) is 0 Å². The smallest absolute Gasteiger partial charge is 0.0749 e. The summed E-state index contributed by atoms with van der Waals surface area (Å²) < 4.78 is 0. The number of nitrogens with zero attached hydrogens (tertiary/aromatic N) is 1. The molecule has 0 saturated heterocycles. The van der Waals surface area contributed by atoms with E-state index in [1.54, 1.807) is 5.57 Å². The van der Waals surface area contributed by atoms with Gasteiger partial charge < -0.3 is 15.1 Å². The van der Waals surface area contributed by atoms with Crippen LogP contribution in [0.25, 0.3) is 0 Å². The summed E-state index contributed by atoms with van der Waals surface area (Å²) in [4.78, 5) is 2.26. The van der Waals surface area contributed by atoms with Crippen molar-refractivity contribution in [2.75, 3.05) is 20.6 Å². The summed E-state index contributed by atoms with van der Waals surface area (Å²) in [6.07, 6.45) is 18.1. The van der Waals surface area contributed by atoms with E-state index in [1.807, 2.05) is 6.08 Å². The third kappa shape index (κ3) is 5.70. The average molecular weight is 390 g/mol. The van der Waals surface area contributed by atoms with Crippen LogP contribution >= 0.6 is 0 Å². The normalized spacial score (nSPS) is 36.4. The molecular weight excluding hydrogens is 346 g/mol. The predicted molar refractivity (Wildman–Crippen MR) is 117 cm³/mol. The highest BCUT2D eigenvalue weighted by Crippen LogP contribution is 2.48. The van der Waals surface area contributed by atoms with Gasteiger partial charge in [0.2, 0.25) is 0 Å². The lowest BCUT2D eigenvalue weighted by Crippen LogP contribution is -2.20. The molecule has 0 spiro atoms. The van der Waals surface area contributed by atoms with Crippen LogP contribution in [0.2, 0.25) is 0 Å². The van der Waals surface area contributed by atoms with E-state index in [0.29, 0.717) is 17.8 Å². The minimum absolute atomic E-state index is 0.227. The number of fused-ring (bicyclic) bond motifs is 1. The Morgan fingerprint density at radius 1 is 1.18 bits per heavy atom.